The number of aliphatic hydroxyl groups excluding tert-OH is 1. The lowest BCUT2D eigenvalue weighted by molar-refractivity contribution is 0.0948. The fraction of sp³-hybridized carbons (Fsp3) is 0.450. The SMILES string of the molecule is Cc1cc(C(=O)NCC(CCO)c2ccccc2)c(C)n1C1CC1. The van der Waals surface area contributed by atoms with Crippen molar-refractivity contribution < 1.29 is 9.90 Å². The minimum absolute atomic E-state index is 0.0196. The molecule has 1 aromatic carbocycles. The van der Waals surface area contributed by atoms with Crippen molar-refractivity contribution in [3.8, 4) is 0 Å². The molecular formula is C20H26N2O2. The molecule has 2 aromatic rings. The largest absolute Gasteiger partial charge is 0.396 e. The molecule has 1 aromatic heterocycles. The van der Waals surface area contributed by atoms with Gasteiger partial charge in [-0.25, -0.2) is 0 Å². The van der Waals surface area contributed by atoms with Crippen LogP contribution >= 0.6 is 0 Å². The summed E-state index contributed by atoms with van der Waals surface area (Å²) in [6.45, 7) is 4.76. The first-order chi connectivity index (χ1) is 11.6. The van der Waals surface area contributed by atoms with E-state index in [0.29, 0.717) is 19.0 Å². The van der Waals surface area contributed by atoms with Gasteiger partial charge in [-0.15, -0.1) is 0 Å². The minimum atomic E-state index is -0.0196. The molecule has 1 unspecified atom stereocenters. The van der Waals surface area contributed by atoms with Crippen LogP contribution in [0.2, 0.25) is 0 Å². The van der Waals surface area contributed by atoms with Crippen molar-refractivity contribution in [2.24, 2.45) is 0 Å². The molecule has 0 bridgehead atoms. The summed E-state index contributed by atoms with van der Waals surface area (Å²) in [7, 11) is 0. The smallest absolute Gasteiger partial charge is 0.253 e. The summed E-state index contributed by atoms with van der Waals surface area (Å²) in [5, 5.41) is 12.4. The van der Waals surface area contributed by atoms with Gasteiger partial charge in [0.1, 0.15) is 0 Å². The number of carbonyl (C=O) groups is 1. The highest BCUT2D eigenvalue weighted by Crippen LogP contribution is 2.38. The van der Waals surface area contributed by atoms with Crippen molar-refractivity contribution >= 4 is 5.91 Å². The molecule has 0 saturated heterocycles. The van der Waals surface area contributed by atoms with Crippen LogP contribution in [0, 0.1) is 13.8 Å². The van der Waals surface area contributed by atoms with Crippen molar-refractivity contribution in [3.05, 3.63) is 58.9 Å². The minimum Gasteiger partial charge on any atom is -0.396 e. The number of aromatic nitrogens is 1. The topological polar surface area (TPSA) is 54.3 Å². The second-order valence-electron chi connectivity index (χ2n) is 6.72. The van der Waals surface area contributed by atoms with Crippen LogP contribution in [0.1, 0.15) is 58.5 Å². The third-order valence-electron chi connectivity index (χ3n) is 4.90. The molecule has 4 heteroatoms. The molecule has 1 aliphatic carbocycles. The zero-order valence-electron chi connectivity index (χ0n) is 14.5. The zero-order chi connectivity index (χ0) is 17.1. The highest BCUT2D eigenvalue weighted by atomic mass is 16.3. The fourth-order valence-electron chi connectivity index (χ4n) is 3.48. The summed E-state index contributed by atoms with van der Waals surface area (Å²) in [6.07, 6.45) is 3.07. The number of aryl methyl sites for hydroxylation is 1. The Balaban J connectivity index is 1.69. The van der Waals surface area contributed by atoms with Gasteiger partial charge in [0, 0.05) is 36.5 Å². The average Bonchev–Trinajstić information content (AvgIpc) is 3.37. The van der Waals surface area contributed by atoms with E-state index in [1.807, 2.05) is 43.3 Å². The van der Waals surface area contributed by atoms with Crippen molar-refractivity contribution in [3.63, 3.8) is 0 Å². The number of nitrogens with one attached hydrogen (secondary N) is 1. The van der Waals surface area contributed by atoms with Gasteiger partial charge < -0.3 is 15.0 Å². The zero-order valence-corrected chi connectivity index (χ0v) is 14.5. The number of nitrogens with zero attached hydrogens (tertiary/aromatic N) is 1. The number of hydrogen-bond acceptors (Lipinski definition) is 2. The molecule has 1 saturated carbocycles. The molecule has 1 heterocycles. The van der Waals surface area contributed by atoms with E-state index in [-0.39, 0.29) is 18.4 Å². The Morgan fingerprint density at radius 3 is 2.62 bits per heavy atom. The summed E-state index contributed by atoms with van der Waals surface area (Å²) in [5.41, 5.74) is 4.14. The molecule has 2 N–H and O–H groups in total. The molecule has 4 nitrogen and oxygen atoms in total. The first-order valence-electron chi connectivity index (χ1n) is 8.74. The van der Waals surface area contributed by atoms with E-state index in [0.717, 1.165) is 22.5 Å². The van der Waals surface area contributed by atoms with Crippen LogP contribution in [0.3, 0.4) is 0 Å². The summed E-state index contributed by atoms with van der Waals surface area (Å²) in [4.78, 5) is 12.6. The Morgan fingerprint density at radius 1 is 1.29 bits per heavy atom. The summed E-state index contributed by atoms with van der Waals surface area (Å²) in [5.74, 6) is 0.112. The van der Waals surface area contributed by atoms with Gasteiger partial charge in [0.15, 0.2) is 0 Å². The Bertz CT molecular complexity index is 702. The van der Waals surface area contributed by atoms with E-state index in [4.69, 9.17) is 0 Å². The van der Waals surface area contributed by atoms with E-state index in [1.165, 1.54) is 12.8 Å². The lowest BCUT2D eigenvalue weighted by Gasteiger charge is -2.17. The predicted octanol–water partition coefficient (Wildman–Crippen LogP) is 3.34. The summed E-state index contributed by atoms with van der Waals surface area (Å²) < 4.78 is 2.29. The molecule has 1 fully saturated rings. The van der Waals surface area contributed by atoms with Gasteiger partial charge in [-0.1, -0.05) is 30.3 Å². The highest BCUT2D eigenvalue weighted by molar-refractivity contribution is 5.95. The van der Waals surface area contributed by atoms with Gasteiger partial charge in [-0.05, 0) is 44.7 Å². The van der Waals surface area contributed by atoms with Crippen LogP contribution in [0.15, 0.2) is 36.4 Å². The molecule has 0 spiro atoms. The van der Waals surface area contributed by atoms with E-state index < -0.39 is 0 Å². The second kappa shape index (κ2) is 7.22. The maximum Gasteiger partial charge on any atom is 0.253 e. The number of rotatable bonds is 7. The number of benzene rings is 1. The number of amides is 1. The Morgan fingerprint density at radius 2 is 2.00 bits per heavy atom. The van der Waals surface area contributed by atoms with Crippen LogP contribution in [0.5, 0.6) is 0 Å². The molecular weight excluding hydrogens is 300 g/mol. The van der Waals surface area contributed by atoms with Gasteiger partial charge in [-0.2, -0.15) is 0 Å². The van der Waals surface area contributed by atoms with Crippen molar-refractivity contribution in [2.75, 3.05) is 13.2 Å². The molecule has 128 valence electrons. The predicted molar refractivity (Wildman–Crippen MR) is 95.4 cm³/mol. The number of carbonyl (C=O) groups excluding carboxylic acids is 1. The molecule has 3 rings (SSSR count). The first kappa shape index (κ1) is 16.8. The van der Waals surface area contributed by atoms with Gasteiger partial charge in [0.2, 0.25) is 0 Å². The number of aliphatic hydroxyl groups is 1. The maximum atomic E-state index is 12.6. The lowest BCUT2D eigenvalue weighted by atomic mass is 9.96. The molecule has 1 aliphatic rings. The van der Waals surface area contributed by atoms with E-state index >= 15 is 0 Å². The Hall–Kier alpha value is -2.07. The van der Waals surface area contributed by atoms with Crippen LogP contribution in [0.25, 0.3) is 0 Å². The van der Waals surface area contributed by atoms with Crippen molar-refractivity contribution in [1.82, 2.24) is 9.88 Å². The van der Waals surface area contributed by atoms with Gasteiger partial charge >= 0.3 is 0 Å². The number of hydrogen-bond donors (Lipinski definition) is 2. The monoisotopic (exact) mass is 326 g/mol. The van der Waals surface area contributed by atoms with Crippen LogP contribution in [-0.4, -0.2) is 28.7 Å². The quantitative estimate of drug-likeness (QED) is 0.820. The normalized spacial score (nSPS) is 15.3. The van der Waals surface area contributed by atoms with E-state index in [1.54, 1.807) is 0 Å². The van der Waals surface area contributed by atoms with Gasteiger partial charge in [0.25, 0.3) is 5.91 Å². The van der Waals surface area contributed by atoms with Crippen molar-refractivity contribution in [2.45, 2.75) is 45.1 Å². The van der Waals surface area contributed by atoms with Gasteiger partial charge in [-0.3, -0.25) is 4.79 Å². The highest BCUT2D eigenvalue weighted by Gasteiger charge is 2.28. The van der Waals surface area contributed by atoms with Crippen molar-refractivity contribution in [1.29, 1.82) is 0 Å². The lowest BCUT2D eigenvalue weighted by Crippen LogP contribution is -2.29. The first-order valence-corrected chi connectivity index (χ1v) is 8.74. The van der Waals surface area contributed by atoms with Crippen LogP contribution < -0.4 is 5.32 Å². The van der Waals surface area contributed by atoms with E-state index in [2.05, 4.69) is 16.8 Å². The molecule has 1 amide bonds. The van der Waals surface area contributed by atoms with Crippen LogP contribution in [0.4, 0.5) is 0 Å². The Kier molecular flexibility index (Phi) is 5.05. The standard InChI is InChI=1S/C20H26N2O2/c1-14-12-19(15(2)22(14)18-8-9-18)20(24)21-13-17(10-11-23)16-6-4-3-5-7-16/h3-7,12,17-18,23H,8-11,13H2,1-2H3,(H,21,24). The third kappa shape index (κ3) is 3.54. The summed E-state index contributed by atoms with van der Waals surface area (Å²) >= 11 is 0. The second-order valence-corrected chi connectivity index (χ2v) is 6.72. The maximum absolute atomic E-state index is 12.6. The Labute approximate surface area is 143 Å². The average molecular weight is 326 g/mol. The molecule has 1 atom stereocenters. The molecule has 0 radical (unpaired) electrons. The van der Waals surface area contributed by atoms with Crippen LogP contribution in [-0.2, 0) is 0 Å². The summed E-state index contributed by atoms with van der Waals surface area (Å²) in [6, 6.07) is 12.6. The fourth-order valence-corrected chi connectivity index (χ4v) is 3.48. The molecule has 0 aliphatic heterocycles. The molecule has 24 heavy (non-hydrogen) atoms. The van der Waals surface area contributed by atoms with Gasteiger partial charge in [0.05, 0.1) is 5.56 Å². The third-order valence-corrected chi connectivity index (χ3v) is 4.90. The van der Waals surface area contributed by atoms with E-state index in [9.17, 15) is 9.90 Å².